The zero-order valence-electron chi connectivity index (χ0n) is 20.4. The van der Waals surface area contributed by atoms with Crippen LogP contribution in [0.25, 0.3) is 11.4 Å². The van der Waals surface area contributed by atoms with Crippen LogP contribution in [-0.4, -0.2) is 26.6 Å². The maximum absolute atomic E-state index is 13.0. The predicted molar refractivity (Wildman–Crippen MR) is 144 cm³/mol. The van der Waals surface area contributed by atoms with Crippen LogP contribution in [0.4, 0.5) is 5.69 Å². The number of carbonyl (C=O) groups is 2. The average molecular weight is 514 g/mol. The van der Waals surface area contributed by atoms with Crippen molar-refractivity contribution in [3.05, 3.63) is 101 Å². The van der Waals surface area contributed by atoms with Crippen LogP contribution >= 0.6 is 11.6 Å². The molecule has 0 fully saturated rings. The van der Waals surface area contributed by atoms with Crippen molar-refractivity contribution in [1.29, 1.82) is 0 Å². The number of carbonyl (C=O) groups excluding carboxylic acids is 2. The van der Waals surface area contributed by atoms with Gasteiger partial charge < -0.3 is 15.2 Å². The number of halogens is 1. The molecular weight excluding hydrogens is 486 g/mol. The van der Waals surface area contributed by atoms with E-state index in [1.54, 1.807) is 24.3 Å². The molecule has 0 unspecified atom stereocenters. The number of nitrogens with zero attached hydrogens (tertiary/aromatic N) is 3. The fraction of sp³-hybridized carbons (Fsp3) is 0.241. The average Bonchev–Trinajstić information content (AvgIpc) is 3.17. The lowest BCUT2D eigenvalue weighted by atomic mass is 10.0. The van der Waals surface area contributed by atoms with E-state index in [0.29, 0.717) is 16.3 Å². The van der Waals surface area contributed by atoms with Gasteiger partial charge in [0.15, 0.2) is 5.82 Å². The van der Waals surface area contributed by atoms with Gasteiger partial charge in [0, 0.05) is 24.2 Å². The first kappa shape index (κ1) is 24.7. The molecule has 8 heteroatoms. The van der Waals surface area contributed by atoms with Crippen molar-refractivity contribution >= 4 is 29.1 Å². The van der Waals surface area contributed by atoms with Crippen molar-refractivity contribution in [2.45, 2.75) is 44.7 Å². The monoisotopic (exact) mass is 513 g/mol. The number of amides is 2. The SMILES string of the molecule is O=C(C[C@H](NC(=O)c1ccccc1Cl)c1ccccc1)Nc1ccc(-c2nnc3n2CCCCC3)cc1. The van der Waals surface area contributed by atoms with E-state index in [1.165, 1.54) is 6.42 Å². The molecule has 7 nitrogen and oxygen atoms in total. The number of fused-ring (bicyclic) bond motifs is 1. The van der Waals surface area contributed by atoms with E-state index >= 15 is 0 Å². The molecule has 1 atom stereocenters. The fourth-order valence-corrected chi connectivity index (χ4v) is 4.84. The van der Waals surface area contributed by atoms with Crippen LogP contribution in [0.1, 0.15) is 53.5 Å². The van der Waals surface area contributed by atoms with Crippen molar-refractivity contribution < 1.29 is 9.59 Å². The minimum absolute atomic E-state index is 0.0691. The Kier molecular flexibility index (Phi) is 7.61. The normalized spacial score (nSPS) is 13.8. The molecule has 0 radical (unpaired) electrons. The van der Waals surface area contributed by atoms with E-state index in [2.05, 4.69) is 25.4 Å². The Balaban J connectivity index is 1.28. The minimum Gasteiger partial charge on any atom is -0.345 e. The van der Waals surface area contributed by atoms with Crippen LogP contribution in [-0.2, 0) is 17.8 Å². The first-order chi connectivity index (χ1) is 18.1. The number of rotatable bonds is 7. The van der Waals surface area contributed by atoms with Crippen molar-refractivity contribution in [2.24, 2.45) is 0 Å². The smallest absolute Gasteiger partial charge is 0.253 e. The summed E-state index contributed by atoms with van der Waals surface area (Å²) in [7, 11) is 0. The fourth-order valence-electron chi connectivity index (χ4n) is 4.62. The van der Waals surface area contributed by atoms with Gasteiger partial charge in [-0.3, -0.25) is 9.59 Å². The molecule has 4 aromatic rings. The Hall–Kier alpha value is -3.97. The third kappa shape index (κ3) is 5.89. The second-order valence-corrected chi connectivity index (χ2v) is 9.56. The van der Waals surface area contributed by atoms with Gasteiger partial charge in [-0.15, -0.1) is 10.2 Å². The van der Waals surface area contributed by atoms with Gasteiger partial charge in [0.2, 0.25) is 5.91 Å². The number of hydrogen-bond acceptors (Lipinski definition) is 4. The second-order valence-electron chi connectivity index (χ2n) is 9.15. The van der Waals surface area contributed by atoms with Crippen LogP contribution in [0.5, 0.6) is 0 Å². The maximum atomic E-state index is 13.0. The molecule has 0 bridgehead atoms. The molecule has 188 valence electrons. The lowest BCUT2D eigenvalue weighted by Gasteiger charge is -2.19. The van der Waals surface area contributed by atoms with Crippen LogP contribution in [0, 0.1) is 0 Å². The standard InChI is InChI=1S/C29H28ClN5O2/c30-24-12-7-6-11-23(24)29(37)32-25(20-9-3-1-4-10-20)19-27(36)31-22-16-14-21(15-17-22)28-34-33-26-13-5-2-8-18-35(26)28/h1,3-4,6-7,9-12,14-17,25H,2,5,8,13,18-19H2,(H,31,36)(H,32,37)/t25-/m0/s1. The molecule has 0 spiro atoms. The van der Waals surface area contributed by atoms with E-state index in [4.69, 9.17) is 11.6 Å². The Morgan fingerprint density at radius 2 is 1.65 bits per heavy atom. The molecule has 0 aliphatic carbocycles. The highest BCUT2D eigenvalue weighted by Gasteiger charge is 2.21. The van der Waals surface area contributed by atoms with Crippen LogP contribution < -0.4 is 10.6 Å². The van der Waals surface area contributed by atoms with E-state index in [-0.39, 0.29) is 18.2 Å². The molecule has 2 amide bonds. The summed E-state index contributed by atoms with van der Waals surface area (Å²) in [6, 6.07) is 23.4. The second kappa shape index (κ2) is 11.4. The summed E-state index contributed by atoms with van der Waals surface area (Å²) < 4.78 is 2.20. The van der Waals surface area contributed by atoms with E-state index in [0.717, 1.165) is 48.6 Å². The quantitative estimate of drug-likeness (QED) is 0.325. The molecular formula is C29H28ClN5O2. The number of hydrogen-bond donors (Lipinski definition) is 2. The molecule has 3 aromatic carbocycles. The van der Waals surface area contributed by atoms with E-state index < -0.39 is 6.04 Å². The van der Waals surface area contributed by atoms with Crippen LogP contribution in [0.15, 0.2) is 78.9 Å². The Bertz CT molecular complexity index is 1390. The lowest BCUT2D eigenvalue weighted by Crippen LogP contribution is -2.31. The highest BCUT2D eigenvalue weighted by atomic mass is 35.5. The molecule has 2 heterocycles. The first-order valence-electron chi connectivity index (χ1n) is 12.5. The molecule has 1 aromatic heterocycles. The third-order valence-corrected chi connectivity index (χ3v) is 6.88. The van der Waals surface area contributed by atoms with Gasteiger partial charge in [-0.05, 0) is 54.8 Å². The third-order valence-electron chi connectivity index (χ3n) is 6.55. The van der Waals surface area contributed by atoms with Gasteiger partial charge >= 0.3 is 0 Å². The minimum atomic E-state index is -0.518. The summed E-state index contributed by atoms with van der Waals surface area (Å²) in [6.07, 6.45) is 4.50. The van der Waals surface area contributed by atoms with Gasteiger partial charge in [-0.1, -0.05) is 60.5 Å². The summed E-state index contributed by atoms with van der Waals surface area (Å²) in [5, 5.41) is 15.1. The summed E-state index contributed by atoms with van der Waals surface area (Å²) in [5.41, 5.74) is 2.84. The van der Waals surface area contributed by atoms with Gasteiger partial charge in [-0.2, -0.15) is 0 Å². The molecule has 0 saturated heterocycles. The summed E-state index contributed by atoms with van der Waals surface area (Å²) in [6.45, 7) is 0.928. The number of anilines is 1. The van der Waals surface area contributed by atoms with Crippen LogP contribution in [0.2, 0.25) is 5.02 Å². The highest BCUT2D eigenvalue weighted by Crippen LogP contribution is 2.25. The Morgan fingerprint density at radius 1 is 0.892 bits per heavy atom. The van der Waals surface area contributed by atoms with Gasteiger partial charge in [0.25, 0.3) is 5.91 Å². The first-order valence-corrected chi connectivity index (χ1v) is 12.9. The van der Waals surface area contributed by atoms with E-state index in [1.807, 2.05) is 54.6 Å². The summed E-state index contributed by atoms with van der Waals surface area (Å²) in [5.74, 6) is 1.36. The zero-order chi connectivity index (χ0) is 25.6. The van der Waals surface area contributed by atoms with Gasteiger partial charge in [-0.25, -0.2) is 0 Å². The maximum Gasteiger partial charge on any atom is 0.253 e. The molecule has 1 aliphatic heterocycles. The van der Waals surface area contributed by atoms with Gasteiger partial charge in [0.1, 0.15) is 5.82 Å². The van der Waals surface area contributed by atoms with Crippen molar-refractivity contribution in [3.8, 4) is 11.4 Å². The van der Waals surface area contributed by atoms with Crippen molar-refractivity contribution in [2.75, 3.05) is 5.32 Å². The molecule has 1 aliphatic rings. The van der Waals surface area contributed by atoms with Gasteiger partial charge in [0.05, 0.1) is 23.0 Å². The van der Waals surface area contributed by atoms with E-state index in [9.17, 15) is 9.59 Å². The Morgan fingerprint density at radius 3 is 2.43 bits per heavy atom. The number of aryl methyl sites for hydroxylation is 1. The number of aromatic nitrogens is 3. The van der Waals surface area contributed by atoms with Crippen molar-refractivity contribution in [1.82, 2.24) is 20.1 Å². The molecule has 2 N–H and O–H groups in total. The lowest BCUT2D eigenvalue weighted by molar-refractivity contribution is -0.116. The van der Waals surface area contributed by atoms with Crippen molar-refractivity contribution in [3.63, 3.8) is 0 Å². The molecule has 37 heavy (non-hydrogen) atoms. The molecule has 0 saturated carbocycles. The summed E-state index contributed by atoms with van der Waals surface area (Å²) >= 11 is 6.21. The Labute approximate surface area is 220 Å². The number of benzene rings is 3. The largest absolute Gasteiger partial charge is 0.345 e. The topological polar surface area (TPSA) is 88.9 Å². The van der Waals surface area contributed by atoms with Crippen LogP contribution in [0.3, 0.4) is 0 Å². The predicted octanol–water partition coefficient (Wildman–Crippen LogP) is 5.82. The molecule has 5 rings (SSSR count). The highest BCUT2D eigenvalue weighted by molar-refractivity contribution is 6.33. The summed E-state index contributed by atoms with van der Waals surface area (Å²) in [4.78, 5) is 25.9. The number of nitrogens with one attached hydrogen (secondary N) is 2. The zero-order valence-corrected chi connectivity index (χ0v) is 21.1.